The van der Waals surface area contributed by atoms with Crippen molar-refractivity contribution < 1.29 is 0 Å². The Labute approximate surface area is 86.3 Å². The van der Waals surface area contributed by atoms with Crippen LogP contribution in [0.2, 0.25) is 0 Å². The van der Waals surface area contributed by atoms with Crippen LogP contribution >= 0.6 is 0 Å². The minimum atomic E-state index is 0.805. The van der Waals surface area contributed by atoms with Crippen LogP contribution in [0.25, 0.3) is 0 Å². The summed E-state index contributed by atoms with van der Waals surface area (Å²) < 4.78 is 2.38. The summed E-state index contributed by atoms with van der Waals surface area (Å²) in [6.07, 6.45) is 2.74. The molecule has 0 saturated heterocycles. The molecule has 1 saturated carbocycles. The summed E-state index contributed by atoms with van der Waals surface area (Å²) in [6, 6.07) is 3.12. The number of aryl methyl sites for hydroxylation is 1. The molecule has 1 aliphatic carbocycles. The maximum Gasteiger partial charge on any atom is 0.0225 e. The molecule has 1 aromatic rings. The van der Waals surface area contributed by atoms with Gasteiger partial charge in [-0.15, -0.1) is 0 Å². The lowest BCUT2D eigenvalue weighted by Crippen LogP contribution is -2.15. The predicted molar refractivity (Wildman–Crippen MR) is 59.4 cm³/mol. The molecule has 1 fully saturated rings. The minimum Gasteiger partial charge on any atom is -0.349 e. The highest BCUT2D eigenvalue weighted by atomic mass is 15.0. The molecule has 2 rings (SSSR count). The number of nitrogens with zero attached hydrogens (tertiary/aromatic N) is 1. The van der Waals surface area contributed by atoms with E-state index in [9.17, 15) is 0 Å². The molecule has 0 atom stereocenters. The Hall–Kier alpha value is -0.760. The fourth-order valence-corrected chi connectivity index (χ4v) is 2.08. The third kappa shape index (κ3) is 1.85. The van der Waals surface area contributed by atoms with Crippen LogP contribution in [0.3, 0.4) is 0 Å². The maximum absolute atomic E-state index is 3.57. The van der Waals surface area contributed by atoms with Crippen LogP contribution in [-0.2, 0) is 13.1 Å². The average molecular weight is 192 g/mol. The largest absolute Gasteiger partial charge is 0.349 e. The van der Waals surface area contributed by atoms with Crippen LogP contribution in [-0.4, -0.2) is 10.6 Å². The van der Waals surface area contributed by atoms with Crippen molar-refractivity contribution in [3.05, 3.63) is 23.0 Å². The Kier molecular flexibility index (Phi) is 2.64. The van der Waals surface area contributed by atoms with E-state index >= 15 is 0 Å². The van der Waals surface area contributed by atoms with Gasteiger partial charge < -0.3 is 9.88 Å². The number of hydrogen-bond donors (Lipinski definition) is 1. The first-order valence-electron chi connectivity index (χ1n) is 5.61. The second-order valence-corrected chi connectivity index (χ2v) is 4.30. The summed E-state index contributed by atoms with van der Waals surface area (Å²) in [5.74, 6) is 0. The predicted octanol–water partition coefficient (Wildman–Crippen LogP) is 2.38. The Morgan fingerprint density at radius 1 is 1.43 bits per heavy atom. The van der Waals surface area contributed by atoms with Gasteiger partial charge in [0.2, 0.25) is 0 Å². The Morgan fingerprint density at radius 3 is 2.64 bits per heavy atom. The monoisotopic (exact) mass is 192 g/mol. The van der Waals surface area contributed by atoms with E-state index in [1.165, 1.54) is 29.8 Å². The molecule has 1 aliphatic rings. The van der Waals surface area contributed by atoms with Gasteiger partial charge >= 0.3 is 0 Å². The number of aromatic nitrogens is 1. The lowest BCUT2D eigenvalue weighted by atomic mass is 10.2. The molecule has 0 spiro atoms. The first-order valence-corrected chi connectivity index (χ1v) is 5.61. The topological polar surface area (TPSA) is 17.0 Å². The van der Waals surface area contributed by atoms with Crippen LogP contribution in [0.1, 0.15) is 36.7 Å². The Morgan fingerprint density at radius 2 is 2.14 bits per heavy atom. The molecular formula is C12H20N2. The SMILES string of the molecule is CCn1c(C)cc(CNC2CC2)c1C. The van der Waals surface area contributed by atoms with Gasteiger partial charge in [-0.3, -0.25) is 0 Å². The van der Waals surface area contributed by atoms with E-state index in [0.717, 1.165) is 19.1 Å². The molecule has 0 unspecified atom stereocenters. The van der Waals surface area contributed by atoms with E-state index < -0.39 is 0 Å². The molecule has 78 valence electrons. The molecule has 14 heavy (non-hydrogen) atoms. The first-order chi connectivity index (χ1) is 6.72. The molecule has 0 aliphatic heterocycles. The van der Waals surface area contributed by atoms with Crippen LogP contribution in [0.5, 0.6) is 0 Å². The molecule has 1 heterocycles. The third-order valence-electron chi connectivity index (χ3n) is 3.15. The van der Waals surface area contributed by atoms with Crippen LogP contribution < -0.4 is 5.32 Å². The highest BCUT2D eigenvalue weighted by molar-refractivity contribution is 5.26. The van der Waals surface area contributed by atoms with E-state index in [-0.39, 0.29) is 0 Å². The van der Waals surface area contributed by atoms with Gasteiger partial charge in [0.15, 0.2) is 0 Å². The third-order valence-corrected chi connectivity index (χ3v) is 3.15. The van der Waals surface area contributed by atoms with Crippen molar-refractivity contribution in [2.45, 2.75) is 52.7 Å². The van der Waals surface area contributed by atoms with Gasteiger partial charge in [0, 0.05) is 30.5 Å². The van der Waals surface area contributed by atoms with E-state index in [2.05, 4.69) is 36.7 Å². The van der Waals surface area contributed by atoms with Gasteiger partial charge in [-0.25, -0.2) is 0 Å². The normalized spacial score (nSPS) is 16.2. The van der Waals surface area contributed by atoms with Crippen molar-refractivity contribution in [3.8, 4) is 0 Å². The van der Waals surface area contributed by atoms with Crippen molar-refractivity contribution in [1.82, 2.24) is 9.88 Å². The van der Waals surface area contributed by atoms with E-state index in [1.54, 1.807) is 0 Å². The lowest BCUT2D eigenvalue weighted by Gasteiger charge is -2.06. The zero-order chi connectivity index (χ0) is 10.1. The van der Waals surface area contributed by atoms with Gasteiger partial charge in [0.25, 0.3) is 0 Å². The highest BCUT2D eigenvalue weighted by Gasteiger charge is 2.20. The molecule has 1 N–H and O–H groups in total. The summed E-state index contributed by atoms with van der Waals surface area (Å²) >= 11 is 0. The van der Waals surface area contributed by atoms with Gasteiger partial charge in [-0.05, 0) is 45.2 Å². The zero-order valence-electron chi connectivity index (χ0n) is 9.43. The molecule has 0 amide bonds. The molecule has 0 bridgehead atoms. The van der Waals surface area contributed by atoms with Crippen molar-refractivity contribution in [2.24, 2.45) is 0 Å². The number of hydrogen-bond acceptors (Lipinski definition) is 1. The summed E-state index contributed by atoms with van der Waals surface area (Å²) in [6.45, 7) is 8.75. The lowest BCUT2D eigenvalue weighted by molar-refractivity contribution is 0.672. The molecule has 2 heteroatoms. The quantitative estimate of drug-likeness (QED) is 0.775. The van der Waals surface area contributed by atoms with Crippen molar-refractivity contribution in [2.75, 3.05) is 0 Å². The highest BCUT2D eigenvalue weighted by Crippen LogP contribution is 2.21. The van der Waals surface area contributed by atoms with Crippen molar-refractivity contribution >= 4 is 0 Å². The van der Waals surface area contributed by atoms with E-state index in [0.29, 0.717) is 0 Å². The molecule has 2 nitrogen and oxygen atoms in total. The number of rotatable bonds is 4. The maximum atomic E-state index is 3.57. The summed E-state index contributed by atoms with van der Waals surface area (Å²) in [7, 11) is 0. The zero-order valence-corrected chi connectivity index (χ0v) is 9.43. The van der Waals surface area contributed by atoms with Crippen molar-refractivity contribution in [3.63, 3.8) is 0 Å². The summed E-state index contributed by atoms with van der Waals surface area (Å²) in [5.41, 5.74) is 4.28. The van der Waals surface area contributed by atoms with Gasteiger partial charge in [-0.2, -0.15) is 0 Å². The fraction of sp³-hybridized carbons (Fsp3) is 0.667. The smallest absolute Gasteiger partial charge is 0.0225 e. The first kappa shape index (κ1) is 9.78. The molecule has 0 aromatic carbocycles. The Bertz CT molecular complexity index is 321. The van der Waals surface area contributed by atoms with E-state index in [4.69, 9.17) is 0 Å². The second-order valence-electron chi connectivity index (χ2n) is 4.30. The minimum absolute atomic E-state index is 0.805. The fourth-order valence-electron chi connectivity index (χ4n) is 2.08. The second kappa shape index (κ2) is 3.77. The standard InChI is InChI=1S/C12H20N2/c1-4-14-9(2)7-11(10(14)3)8-13-12-5-6-12/h7,12-13H,4-6,8H2,1-3H3. The Balaban J connectivity index is 2.07. The number of nitrogens with one attached hydrogen (secondary N) is 1. The van der Waals surface area contributed by atoms with Crippen LogP contribution in [0.15, 0.2) is 6.07 Å². The van der Waals surface area contributed by atoms with Crippen LogP contribution in [0.4, 0.5) is 0 Å². The molecule has 1 aromatic heterocycles. The summed E-state index contributed by atoms with van der Waals surface area (Å²) in [5, 5.41) is 3.57. The van der Waals surface area contributed by atoms with Crippen LogP contribution in [0, 0.1) is 13.8 Å². The summed E-state index contributed by atoms with van der Waals surface area (Å²) in [4.78, 5) is 0. The van der Waals surface area contributed by atoms with Gasteiger partial charge in [-0.1, -0.05) is 0 Å². The van der Waals surface area contributed by atoms with Gasteiger partial charge in [0.05, 0.1) is 0 Å². The van der Waals surface area contributed by atoms with E-state index in [1.807, 2.05) is 0 Å². The molecular weight excluding hydrogens is 172 g/mol. The van der Waals surface area contributed by atoms with Gasteiger partial charge in [0.1, 0.15) is 0 Å². The molecule has 0 radical (unpaired) electrons. The van der Waals surface area contributed by atoms with Crippen molar-refractivity contribution in [1.29, 1.82) is 0 Å². The average Bonchev–Trinajstić information content (AvgIpc) is 2.92.